The maximum atomic E-state index is 12.4. The van der Waals surface area contributed by atoms with Gasteiger partial charge in [0.05, 0.1) is 27.0 Å². The minimum absolute atomic E-state index is 0.255. The predicted octanol–water partition coefficient (Wildman–Crippen LogP) is 4.08. The van der Waals surface area contributed by atoms with E-state index in [1.54, 1.807) is 22.9 Å². The molecule has 0 saturated carbocycles. The Morgan fingerprint density at radius 3 is 2.40 bits per heavy atom. The van der Waals surface area contributed by atoms with Gasteiger partial charge in [-0.1, -0.05) is 29.3 Å². The highest BCUT2D eigenvalue weighted by molar-refractivity contribution is 6.40. The number of rotatable bonds is 3. The number of hydrogen-bond donors (Lipinski definition) is 1. The molecular weight excluding hydrogens is 297 g/mol. The molecule has 6 heteroatoms. The van der Waals surface area contributed by atoms with Crippen LogP contribution in [0.25, 0.3) is 0 Å². The Balaban J connectivity index is 2.36. The quantitative estimate of drug-likeness (QED) is 0.928. The molecule has 0 saturated heterocycles. The standard InChI is InChI=1S/C14H15Cl2N3O/c1-4-19-9(3)12(8(2)18-19)14(20)17-13-10(15)6-5-7-11(13)16/h5-7H,4H2,1-3H3,(H,17,20). The second kappa shape index (κ2) is 5.85. The lowest BCUT2D eigenvalue weighted by Gasteiger charge is -2.09. The van der Waals surface area contributed by atoms with E-state index in [0.717, 1.165) is 5.69 Å². The summed E-state index contributed by atoms with van der Waals surface area (Å²) in [7, 11) is 0. The van der Waals surface area contributed by atoms with Crippen LogP contribution in [0.4, 0.5) is 5.69 Å². The van der Waals surface area contributed by atoms with Gasteiger partial charge in [-0.3, -0.25) is 9.48 Å². The zero-order valence-corrected chi connectivity index (χ0v) is 13.0. The first-order valence-electron chi connectivity index (χ1n) is 6.25. The molecule has 1 aromatic carbocycles. The van der Waals surface area contributed by atoms with E-state index in [1.165, 1.54) is 0 Å². The number of halogens is 2. The highest BCUT2D eigenvalue weighted by Gasteiger charge is 2.19. The number of amides is 1. The number of aromatic nitrogens is 2. The Labute approximate surface area is 127 Å². The Hall–Kier alpha value is -1.52. The van der Waals surface area contributed by atoms with Gasteiger partial charge in [0.15, 0.2) is 0 Å². The summed E-state index contributed by atoms with van der Waals surface area (Å²) in [6.45, 7) is 6.37. The van der Waals surface area contributed by atoms with Crippen LogP contribution in [0, 0.1) is 13.8 Å². The molecule has 0 aliphatic heterocycles. The van der Waals surface area contributed by atoms with E-state index >= 15 is 0 Å². The average Bonchev–Trinajstić information content (AvgIpc) is 2.68. The minimum Gasteiger partial charge on any atom is -0.319 e. The number of nitrogens with one attached hydrogen (secondary N) is 1. The number of carbonyl (C=O) groups excluding carboxylic acids is 1. The SMILES string of the molecule is CCn1nc(C)c(C(=O)Nc2c(Cl)cccc2Cl)c1C. The van der Waals surface area contributed by atoms with Crippen molar-refractivity contribution in [3.05, 3.63) is 45.2 Å². The second-order valence-corrected chi connectivity index (χ2v) is 5.23. The fourth-order valence-corrected chi connectivity index (χ4v) is 2.62. The van der Waals surface area contributed by atoms with Crippen LogP contribution in [0.3, 0.4) is 0 Å². The number of aryl methyl sites for hydroxylation is 2. The Morgan fingerprint density at radius 2 is 1.90 bits per heavy atom. The van der Waals surface area contributed by atoms with Crippen LogP contribution in [0.15, 0.2) is 18.2 Å². The van der Waals surface area contributed by atoms with Gasteiger partial charge in [0.2, 0.25) is 0 Å². The van der Waals surface area contributed by atoms with E-state index in [1.807, 2.05) is 20.8 Å². The molecule has 0 atom stereocenters. The molecule has 0 fully saturated rings. The van der Waals surface area contributed by atoms with Crippen LogP contribution >= 0.6 is 23.2 Å². The van der Waals surface area contributed by atoms with E-state index in [9.17, 15) is 4.79 Å². The summed E-state index contributed by atoms with van der Waals surface area (Å²) < 4.78 is 1.79. The smallest absolute Gasteiger partial charge is 0.259 e. The third kappa shape index (κ3) is 2.67. The number of anilines is 1. The Morgan fingerprint density at radius 1 is 1.30 bits per heavy atom. The summed E-state index contributed by atoms with van der Waals surface area (Å²) in [4.78, 5) is 12.4. The van der Waals surface area contributed by atoms with Gasteiger partial charge in [0, 0.05) is 12.2 Å². The van der Waals surface area contributed by atoms with Gasteiger partial charge in [0.25, 0.3) is 5.91 Å². The average molecular weight is 312 g/mol. The van der Waals surface area contributed by atoms with Crippen LogP contribution in [-0.4, -0.2) is 15.7 Å². The van der Waals surface area contributed by atoms with Crippen molar-refractivity contribution in [1.82, 2.24) is 9.78 Å². The molecule has 0 unspecified atom stereocenters. The molecule has 0 radical (unpaired) electrons. The largest absolute Gasteiger partial charge is 0.319 e. The fraction of sp³-hybridized carbons (Fsp3) is 0.286. The normalized spacial score (nSPS) is 10.7. The molecular formula is C14H15Cl2N3O. The van der Waals surface area contributed by atoms with Crippen molar-refractivity contribution in [3.8, 4) is 0 Å². The van der Waals surface area contributed by atoms with Crippen molar-refractivity contribution < 1.29 is 4.79 Å². The van der Waals surface area contributed by atoms with E-state index < -0.39 is 0 Å². The molecule has 1 heterocycles. The molecule has 106 valence electrons. The number of hydrogen-bond acceptors (Lipinski definition) is 2. The first-order valence-corrected chi connectivity index (χ1v) is 7.00. The predicted molar refractivity (Wildman–Crippen MR) is 81.8 cm³/mol. The van der Waals surface area contributed by atoms with Crippen LogP contribution < -0.4 is 5.32 Å². The third-order valence-electron chi connectivity index (χ3n) is 3.11. The van der Waals surface area contributed by atoms with Gasteiger partial charge >= 0.3 is 0 Å². The van der Waals surface area contributed by atoms with Crippen molar-refractivity contribution in [3.63, 3.8) is 0 Å². The van der Waals surface area contributed by atoms with Crippen molar-refractivity contribution in [2.75, 3.05) is 5.32 Å². The van der Waals surface area contributed by atoms with Gasteiger partial charge in [-0.25, -0.2) is 0 Å². The van der Waals surface area contributed by atoms with E-state index in [-0.39, 0.29) is 5.91 Å². The zero-order chi connectivity index (χ0) is 14.9. The third-order valence-corrected chi connectivity index (χ3v) is 3.74. The van der Waals surface area contributed by atoms with Gasteiger partial charge in [-0.15, -0.1) is 0 Å². The number of para-hydroxylation sites is 1. The van der Waals surface area contributed by atoms with Crippen LogP contribution in [0.1, 0.15) is 28.7 Å². The van der Waals surface area contributed by atoms with Crippen molar-refractivity contribution in [1.29, 1.82) is 0 Å². The summed E-state index contributed by atoms with van der Waals surface area (Å²) in [5.41, 5.74) is 2.49. The Bertz CT molecular complexity index is 644. The molecule has 0 spiro atoms. The summed E-state index contributed by atoms with van der Waals surface area (Å²) in [6, 6.07) is 5.09. The fourth-order valence-electron chi connectivity index (χ4n) is 2.13. The maximum Gasteiger partial charge on any atom is 0.259 e. The van der Waals surface area contributed by atoms with Crippen molar-refractivity contribution >= 4 is 34.8 Å². The molecule has 2 aromatic rings. The monoisotopic (exact) mass is 311 g/mol. The lowest BCUT2D eigenvalue weighted by atomic mass is 10.2. The van der Waals surface area contributed by atoms with E-state index in [4.69, 9.17) is 23.2 Å². The Kier molecular flexibility index (Phi) is 4.35. The molecule has 1 amide bonds. The molecule has 1 N–H and O–H groups in total. The molecule has 2 rings (SSSR count). The van der Waals surface area contributed by atoms with Crippen molar-refractivity contribution in [2.45, 2.75) is 27.3 Å². The zero-order valence-electron chi connectivity index (χ0n) is 11.5. The van der Waals surface area contributed by atoms with Gasteiger partial charge in [-0.05, 0) is 32.9 Å². The van der Waals surface area contributed by atoms with Gasteiger partial charge in [-0.2, -0.15) is 5.10 Å². The van der Waals surface area contributed by atoms with E-state index in [0.29, 0.717) is 33.5 Å². The molecule has 0 bridgehead atoms. The highest BCUT2D eigenvalue weighted by atomic mass is 35.5. The number of benzene rings is 1. The number of nitrogens with zero attached hydrogens (tertiary/aromatic N) is 2. The lowest BCUT2D eigenvalue weighted by Crippen LogP contribution is -2.15. The topological polar surface area (TPSA) is 46.9 Å². The maximum absolute atomic E-state index is 12.4. The second-order valence-electron chi connectivity index (χ2n) is 4.41. The molecule has 0 aliphatic rings. The van der Waals surface area contributed by atoms with Crippen molar-refractivity contribution in [2.24, 2.45) is 0 Å². The van der Waals surface area contributed by atoms with Gasteiger partial charge in [0.1, 0.15) is 0 Å². The van der Waals surface area contributed by atoms with Crippen LogP contribution in [0.2, 0.25) is 10.0 Å². The highest BCUT2D eigenvalue weighted by Crippen LogP contribution is 2.30. The molecule has 0 aliphatic carbocycles. The summed E-state index contributed by atoms with van der Waals surface area (Å²) in [6.07, 6.45) is 0. The van der Waals surface area contributed by atoms with Crippen LogP contribution in [-0.2, 0) is 6.54 Å². The van der Waals surface area contributed by atoms with Gasteiger partial charge < -0.3 is 5.32 Å². The molecule has 1 aromatic heterocycles. The summed E-state index contributed by atoms with van der Waals surface area (Å²) >= 11 is 12.1. The number of carbonyl (C=O) groups is 1. The van der Waals surface area contributed by atoms with Crippen LogP contribution in [0.5, 0.6) is 0 Å². The summed E-state index contributed by atoms with van der Waals surface area (Å²) in [5.74, 6) is -0.255. The minimum atomic E-state index is -0.255. The lowest BCUT2D eigenvalue weighted by molar-refractivity contribution is 0.102. The first kappa shape index (κ1) is 14.9. The van der Waals surface area contributed by atoms with E-state index in [2.05, 4.69) is 10.4 Å². The molecule has 20 heavy (non-hydrogen) atoms. The molecule has 4 nitrogen and oxygen atoms in total. The summed E-state index contributed by atoms with van der Waals surface area (Å²) in [5, 5.41) is 7.90. The first-order chi connectivity index (χ1) is 9.45.